The monoisotopic (exact) mass is 412 g/mol. The van der Waals surface area contributed by atoms with Crippen LogP contribution in [0.1, 0.15) is 27.9 Å². The maximum Gasteiger partial charge on any atom is 0.433 e. The molecule has 2 amide bonds. The van der Waals surface area contributed by atoms with Crippen LogP contribution in [-0.2, 0) is 4.74 Å². The molecular weight excluding hydrogens is 388 g/mol. The zero-order valence-electron chi connectivity index (χ0n) is 17.3. The van der Waals surface area contributed by atoms with E-state index in [0.717, 1.165) is 11.1 Å². The summed E-state index contributed by atoms with van der Waals surface area (Å²) in [4.78, 5) is 28.8. The van der Waals surface area contributed by atoms with Crippen molar-refractivity contribution in [3.8, 4) is 0 Å². The van der Waals surface area contributed by atoms with Gasteiger partial charge in [-0.1, -0.05) is 91.0 Å². The van der Waals surface area contributed by atoms with Crippen LogP contribution in [0.3, 0.4) is 0 Å². The van der Waals surface area contributed by atoms with Gasteiger partial charge < -0.3 is 10.1 Å². The van der Waals surface area contributed by atoms with Crippen molar-refractivity contribution in [2.75, 3.05) is 7.11 Å². The van der Waals surface area contributed by atoms with Crippen molar-refractivity contribution in [2.45, 2.75) is 12.5 Å². The van der Waals surface area contributed by atoms with Gasteiger partial charge in [-0.25, -0.2) is 4.79 Å². The molecule has 1 atom stereocenters. The van der Waals surface area contributed by atoms with Crippen molar-refractivity contribution in [1.82, 2.24) is 5.32 Å². The Balaban J connectivity index is 1.89. The third-order valence-corrected chi connectivity index (χ3v) is 4.59. The molecule has 156 valence electrons. The highest BCUT2D eigenvalue weighted by atomic mass is 16.5. The summed E-state index contributed by atoms with van der Waals surface area (Å²) in [6.45, 7) is 0. The summed E-state index contributed by atoms with van der Waals surface area (Å²) < 4.78 is 4.73. The molecule has 0 radical (unpaired) electrons. The molecular formula is C26H24N2O3. The van der Waals surface area contributed by atoms with E-state index in [1.54, 1.807) is 12.1 Å². The van der Waals surface area contributed by atoms with Crippen LogP contribution in [0, 0.1) is 0 Å². The van der Waals surface area contributed by atoms with Crippen molar-refractivity contribution in [3.63, 3.8) is 0 Å². The summed E-state index contributed by atoms with van der Waals surface area (Å²) in [6, 6.07) is 27.8. The molecule has 0 bridgehead atoms. The van der Waals surface area contributed by atoms with Crippen LogP contribution in [0.2, 0.25) is 0 Å². The molecule has 31 heavy (non-hydrogen) atoms. The Kier molecular flexibility index (Phi) is 7.89. The average molecular weight is 412 g/mol. The van der Waals surface area contributed by atoms with E-state index < -0.39 is 12.1 Å². The Morgan fingerprint density at radius 2 is 1.42 bits per heavy atom. The number of nitrogens with one attached hydrogen (secondary N) is 1. The molecule has 0 aliphatic carbocycles. The summed E-state index contributed by atoms with van der Waals surface area (Å²) in [5, 5.41) is 3.04. The number of ether oxygens (including phenoxy) is 1. The predicted molar refractivity (Wildman–Crippen MR) is 123 cm³/mol. The maximum atomic E-state index is 12.8. The fraction of sp³-hybridized carbons (Fsp3) is 0.115. The van der Waals surface area contributed by atoms with Crippen LogP contribution < -0.4 is 5.32 Å². The molecule has 0 saturated carbocycles. The summed E-state index contributed by atoms with van der Waals surface area (Å²) in [5.74, 6) is -0.200. The topological polar surface area (TPSA) is 67.8 Å². The highest BCUT2D eigenvalue weighted by Crippen LogP contribution is 2.12. The summed E-state index contributed by atoms with van der Waals surface area (Å²) in [7, 11) is 1.29. The molecule has 0 heterocycles. The Bertz CT molecular complexity index is 1050. The molecule has 0 aromatic heterocycles. The lowest BCUT2D eigenvalue weighted by Crippen LogP contribution is -2.35. The van der Waals surface area contributed by atoms with Crippen molar-refractivity contribution in [2.24, 2.45) is 4.99 Å². The Morgan fingerprint density at radius 3 is 2.00 bits per heavy atom. The number of hydrogen-bond donors (Lipinski definition) is 1. The number of nitrogens with zero attached hydrogens (tertiary/aromatic N) is 1. The van der Waals surface area contributed by atoms with Gasteiger partial charge in [0.1, 0.15) is 0 Å². The van der Waals surface area contributed by atoms with E-state index in [0.29, 0.717) is 17.7 Å². The number of methoxy groups -OCH3 is 1. The smallest absolute Gasteiger partial charge is 0.433 e. The Labute approximate surface area is 182 Å². The normalized spacial score (nSPS) is 12.4. The van der Waals surface area contributed by atoms with Gasteiger partial charge in [0.15, 0.2) is 0 Å². The van der Waals surface area contributed by atoms with Crippen molar-refractivity contribution in [3.05, 3.63) is 114 Å². The van der Waals surface area contributed by atoms with Crippen LogP contribution in [-0.4, -0.2) is 30.9 Å². The number of carbonyl (C=O) groups excluding carboxylic acids is 2. The first-order chi connectivity index (χ1) is 15.2. The summed E-state index contributed by atoms with van der Waals surface area (Å²) in [5.41, 5.74) is 2.89. The van der Waals surface area contributed by atoms with Gasteiger partial charge in [0, 0.05) is 12.0 Å². The minimum Gasteiger partial charge on any atom is -0.451 e. The van der Waals surface area contributed by atoms with E-state index in [1.165, 1.54) is 7.11 Å². The third kappa shape index (κ3) is 6.78. The number of carbonyl (C=O) groups is 2. The minimum absolute atomic E-state index is 0.200. The van der Waals surface area contributed by atoms with Crippen molar-refractivity contribution in [1.29, 1.82) is 0 Å². The van der Waals surface area contributed by atoms with E-state index in [2.05, 4.69) is 10.3 Å². The Hall–Kier alpha value is -3.99. The minimum atomic E-state index is -0.681. The number of amides is 2. The van der Waals surface area contributed by atoms with E-state index in [4.69, 9.17) is 4.74 Å². The molecule has 5 nitrogen and oxygen atoms in total. The molecule has 0 unspecified atom stereocenters. The Morgan fingerprint density at radius 1 is 0.871 bits per heavy atom. The lowest BCUT2D eigenvalue weighted by atomic mass is 10.0. The second-order valence-electron chi connectivity index (χ2n) is 6.81. The quantitative estimate of drug-likeness (QED) is 0.546. The molecule has 0 saturated heterocycles. The van der Waals surface area contributed by atoms with Crippen LogP contribution in [0.5, 0.6) is 0 Å². The van der Waals surface area contributed by atoms with E-state index in [-0.39, 0.29) is 5.91 Å². The van der Waals surface area contributed by atoms with E-state index in [9.17, 15) is 9.59 Å². The zero-order chi connectivity index (χ0) is 21.9. The molecule has 1 N–H and O–H groups in total. The van der Waals surface area contributed by atoms with E-state index in [1.807, 2.05) is 91.0 Å². The van der Waals surface area contributed by atoms with Crippen LogP contribution in [0.25, 0.3) is 6.08 Å². The summed E-state index contributed by atoms with van der Waals surface area (Å²) >= 11 is 0. The molecule has 3 aromatic carbocycles. The third-order valence-electron chi connectivity index (χ3n) is 4.59. The second kappa shape index (κ2) is 11.3. The molecule has 3 aromatic rings. The SMILES string of the molecule is COC(=O)/N=C(/C[C@@H](/C=C/c1ccccc1)NC(=O)c1ccccc1)c1ccccc1. The van der Waals surface area contributed by atoms with Gasteiger partial charge in [0.2, 0.25) is 0 Å². The first-order valence-corrected chi connectivity index (χ1v) is 9.96. The second-order valence-corrected chi connectivity index (χ2v) is 6.81. The highest BCUT2D eigenvalue weighted by Gasteiger charge is 2.16. The fourth-order valence-electron chi connectivity index (χ4n) is 3.02. The maximum absolute atomic E-state index is 12.8. The van der Waals surface area contributed by atoms with Gasteiger partial charge in [-0.15, -0.1) is 0 Å². The zero-order valence-corrected chi connectivity index (χ0v) is 17.3. The molecule has 5 heteroatoms. The van der Waals surface area contributed by atoms with Crippen LogP contribution in [0.4, 0.5) is 4.79 Å². The van der Waals surface area contributed by atoms with Gasteiger partial charge in [0.05, 0.1) is 18.9 Å². The molecule has 0 aliphatic rings. The van der Waals surface area contributed by atoms with Gasteiger partial charge >= 0.3 is 6.09 Å². The number of rotatable bonds is 7. The largest absolute Gasteiger partial charge is 0.451 e. The lowest BCUT2D eigenvalue weighted by Gasteiger charge is -2.17. The first-order valence-electron chi connectivity index (χ1n) is 9.96. The number of aliphatic imine (C=N–C) groups is 1. The highest BCUT2D eigenvalue weighted by molar-refractivity contribution is 6.06. The first kappa shape index (κ1) is 21.7. The standard InChI is InChI=1S/C26H24N2O3/c1-31-26(30)28-24(21-13-7-3-8-14-21)19-23(18-17-20-11-5-2-6-12-20)27-25(29)22-15-9-4-10-16-22/h2-18,23H,19H2,1H3,(H,27,29)/b18-17+,28-24-/t23-/m1/s1. The molecule has 0 spiro atoms. The van der Waals surface area contributed by atoms with Crippen molar-refractivity contribution < 1.29 is 14.3 Å². The van der Waals surface area contributed by atoms with Crippen LogP contribution >= 0.6 is 0 Å². The predicted octanol–water partition coefficient (Wildman–Crippen LogP) is 5.14. The van der Waals surface area contributed by atoms with Crippen LogP contribution in [0.15, 0.2) is 102 Å². The molecule has 0 fully saturated rings. The fourth-order valence-corrected chi connectivity index (χ4v) is 3.02. The number of benzene rings is 3. The van der Waals surface area contributed by atoms with E-state index >= 15 is 0 Å². The average Bonchev–Trinajstić information content (AvgIpc) is 2.83. The van der Waals surface area contributed by atoms with Gasteiger partial charge in [0.25, 0.3) is 5.91 Å². The number of hydrogen-bond acceptors (Lipinski definition) is 3. The molecule has 3 rings (SSSR count). The summed E-state index contributed by atoms with van der Waals surface area (Å²) in [6.07, 6.45) is 3.49. The van der Waals surface area contributed by atoms with Gasteiger partial charge in [-0.05, 0) is 23.3 Å². The molecule has 0 aliphatic heterocycles. The van der Waals surface area contributed by atoms with Gasteiger partial charge in [-0.2, -0.15) is 4.99 Å². The van der Waals surface area contributed by atoms with Crippen molar-refractivity contribution >= 4 is 23.8 Å². The van der Waals surface area contributed by atoms with Gasteiger partial charge in [-0.3, -0.25) is 4.79 Å². The lowest BCUT2D eigenvalue weighted by molar-refractivity contribution is 0.0945.